The van der Waals surface area contributed by atoms with Crippen molar-refractivity contribution in [3.8, 4) is 0 Å². The number of aryl methyl sites for hydroxylation is 1. The largest absolute Gasteiger partial charge is 0.392 e. The molecule has 0 spiro atoms. The molecule has 3 N–H and O–H groups in total. The summed E-state index contributed by atoms with van der Waals surface area (Å²) in [5.41, 5.74) is 7.03. The summed E-state index contributed by atoms with van der Waals surface area (Å²) in [6.45, 7) is 0.916. The van der Waals surface area contributed by atoms with Crippen LogP contribution in [0, 0.1) is 0 Å². The van der Waals surface area contributed by atoms with Gasteiger partial charge in [-0.3, -0.25) is 0 Å². The van der Waals surface area contributed by atoms with Crippen LogP contribution in [0.2, 0.25) is 0 Å². The Hall–Kier alpha value is -1.69. The first-order valence-electron chi connectivity index (χ1n) is 8.33. The maximum absolute atomic E-state index is 9.13. The van der Waals surface area contributed by atoms with E-state index in [4.69, 9.17) is 5.11 Å². The van der Waals surface area contributed by atoms with Gasteiger partial charge in [-0.2, -0.15) is 0 Å². The number of H-pyrrole nitrogens is 1. The summed E-state index contributed by atoms with van der Waals surface area (Å²) >= 11 is 3.47. The smallest absolute Gasteiger partial charge is 0.106 e. The van der Waals surface area contributed by atoms with E-state index < -0.39 is 0 Å². The highest BCUT2D eigenvalue weighted by molar-refractivity contribution is 9.10. The first-order chi connectivity index (χ1) is 11.7. The predicted molar refractivity (Wildman–Crippen MR) is 98.7 cm³/mol. The van der Waals surface area contributed by atoms with Gasteiger partial charge in [-0.25, -0.2) is 4.98 Å². The monoisotopic (exact) mass is 385 g/mol. The van der Waals surface area contributed by atoms with E-state index in [-0.39, 0.29) is 6.61 Å². The number of pyridine rings is 1. The van der Waals surface area contributed by atoms with Crippen LogP contribution in [0.5, 0.6) is 0 Å². The van der Waals surface area contributed by atoms with Crippen molar-refractivity contribution in [1.82, 2.24) is 15.3 Å². The number of aliphatic hydroxyl groups is 1. The Morgan fingerprint density at radius 2 is 1.96 bits per heavy atom. The van der Waals surface area contributed by atoms with Gasteiger partial charge >= 0.3 is 0 Å². The highest BCUT2D eigenvalue weighted by atomic mass is 79.9. The zero-order chi connectivity index (χ0) is 16.5. The molecule has 4 rings (SSSR count). The van der Waals surface area contributed by atoms with Gasteiger partial charge in [0.25, 0.3) is 0 Å². The van der Waals surface area contributed by atoms with Gasteiger partial charge in [0.1, 0.15) is 4.60 Å². The Kier molecular flexibility index (Phi) is 4.39. The van der Waals surface area contributed by atoms with E-state index in [9.17, 15) is 0 Å². The van der Waals surface area contributed by atoms with Crippen molar-refractivity contribution in [2.45, 2.75) is 38.5 Å². The number of hydrogen-bond donors (Lipinski definition) is 3. The molecular weight excluding hydrogens is 366 g/mol. The number of hydrogen-bond acceptors (Lipinski definition) is 3. The van der Waals surface area contributed by atoms with E-state index in [1.807, 2.05) is 18.2 Å². The van der Waals surface area contributed by atoms with Crippen molar-refractivity contribution in [1.29, 1.82) is 0 Å². The quantitative estimate of drug-likeness (QED) is 0.595. The Bertz CT molecular complexity index is 857. The summed E-state index contributed by atoms with van der Waals surface area (Å²) < 4.78 is 0.885. The van der Waals surface area contributed by atoms with E-state index in [1.165, 1.54) is 23.2 Å². The van der Waals surface area contributed by atoms with Crippen molar-refractivity contribution in [3.63, 3.8) is 0 Å². The number of nitrogens with zero attached hydrogens (tertiary/aromatic N) is 1. The summed E-state index contributed by atoms with van der Waals surface area (Å²) in [5.74, 6) is 0. The molecule has 24 heavy (non-hydrogen) atoms. The molecule has 5 heteroatoms. The van der Waals surface area contributed by atoms with Gasteiger partial charge in [-0.1, -0.05) is 24.3 Å². The number of benzene rings is 1. The second-order valence-corrected chi connectivity index (χ2v) is 7.16. The second-order valence-electron chi connectivity index (χ2n) is 6.35. The summed E-state index contributed by atoms with van der Waals surface area (Å²) in [4.78, 5) is 8.22. The SMILES string of the molecule is OCc1ccc(CN[C@@H]2CCCc3c2[nH]c2ccc(Br)nc32)cc1. The molecule has 1 aromatic carbocycles. The molecule has 4 nitrogen and oxygen atoms in total. The number of halogens is 1. The fourth-order valence-electron chi connectivity index (χ4n) is 3.50. The Labute approximate surface area is 149 Å². The van der Waals surface area contributed by atoms with Crippen molar-refractivity contribution < 1.29 is 5.11 Å². The molecule has 0 amide bonds. The van der Waals surface area contributed by atoms with E-state index >= 15 is 0 Å². The van der Waals surface area contributed by atoms with Gasteiger partial charge in [0.15, 0.2) is 0 Å². The lowest BCUT2D eigenvalue weighted by atomic mass is 9.92. The molecule has 1 atom stereocenters. The summed E-state index contributed by atoms with van der Waals surface area (Å²) in [6, 6.07) is 12.5. The summed E-state index contributed by atoms with van der Waals surface area (Å²) in [5, 5.41) is 12.8. The summed E-state index contributed by atoms with van der Waals surface area (Å²) in [6.07, 6.45) is 3.40. The van der Waals surface area contributed by atoms with E-state index in [0.29, 0.717) is 6.04 Å². The summed E-state index contributed by atoms with van der Waals surface area (Å²) in [7, 11) is 0. The average Bonchev–Trinajstić information content (AvgIpc) is 2.99. The average molecular weight is 386 g/mol. The first-order valence-corrected chi connectivity index (χ1v) is 9.13. The molecule has 124 valence electrons. The molecular formula is C19H20BrN3O. The third kappa shape index (κ3) is 2.99. The minimum atomic E-state index is 0.0946. The molecule has 0 saturated heterocycles. The zero-order valence-electron chi connectivity index (χ0n) is 13.3. The Balaban J connectivity index is 1.56. The van der Waals surface area contributed by atoms with Crippen molar-refractivity contribution >= 4 is 27.0 Å². The number of aliphatic hydroxyl groups excluding tert-OH is 1. The molecule has 0 fully saturated rings. The highest BCUT2D eigenvalue weighted by Crippen LogP contribution is 2.34. The molecule has 2 heterocycles. The van der Waals surface area contributed by atoms with Crippen LogP contribution in [0.15, 0.2) is 41.0 Å². The zero-order valence-corrected chi connectivity index (χ0v) is 14.9. The van der Waals surface area contributed by atoms with Crippen LogP contribution in [0.3, 0.4) is 0 Å². The van der Waals surface area contributed by atoms with Gasteiger partial charge in [0.05, 0.1) is 17.6 Å². The van der Waals surface area contributed by atoms with Gasteiger partial charge in [0.2, 0.25) is 0 Å². The van der Waals surface area contributed by atoms with Crippen molar-refractivity contribution in [2.75, 3.05) is 0 Å². The topological polar surface area (TPSA) is 60.9 Å². The molecule has 0 aliphatic heterocycles. The lowest BCUT2D eigenvalue weighted by Crippen LogP contribution is -2.24. The third-order valence-corrected chi connectivity index (χ3v) is 5.21. The fourth-order valence-corrected chi connectivity index (χ4v) is 3.81. The molecule has 0 unspecified atom stereocenters. The van der Waals surface area contributed by atoms with Crippen LogP contribution in [0.25, 0.3) is 11.0 Å². The van der Waals surface area contributed by atoms with E-state index in [0.717, 1.165) is 40.6 Å². The number of aromatic nitrogens is 2. The molecule has 3 aromatic rings. The van der Waals surface area contributed by atoms with Crippen LogP contribution < -0.4 is 5.32 Å². The van der Waals surface area contributed by atoms with Gasteiger partial charge < -0.3 is 15.4 Å². The lowest BCUT2D eigenvalue weighted by molar-refractivity contribution is 0.282. The molecule has 0 bridgehead atoms. The van der Waals surface area contributed by atoms with Crippen LogP contribution in [-0.4, -0.2) is 15.1 Å². The maximum Gasteiger partial charge on any atom is 0.106 e. The first kappa shape index (κ1) is 15.8. The molecule has 1 aliphatic carbocycles. The standard InChI is InChI=1S/C19H20BrN3O/c20-17-9-8-16-19(23-17)14-2-1-3-15(18(14)22-16)21-10-12-4-6-13(11-24)7-5-12/h4-9,15,21-22,24H,1-3,10-11H2/t15-/m1/s1. The predicted octanol–water partition coefficient (Wildman–Crippen LogP) is 3.98. The molecule has 0 radical (unpaired) electrons. The number of aromatic amines is 1. The third-order valence-electron chi connectivity index (χ3n) is 4.77. The van der Waals surface area contributed by atoms with Crippen LogP contribution in [0.1, 0.15) is 41.3 Å². The number of nitrogens with one attached hydrogen (secondary N) is 2. The highest BCUT2D eigenvalue weighted by Gasteiger charge is 2.24. The molecule has 0 saturated carbocycles. The minimum Gasteiger partial charge on any atom is -0.392 e. The van der Waals surface area contributed by atoms with Gasteiger partial charge in [-0.05, 0) is 58.5 Å². The maximum atomic E-state index is 9.13. The van der Waals surface area contributed by atoms with Crippen molar-refractivity contribution in [3.05, 3.63) is 63.4 Å². The van der Waals surface area contributed by atoms with Gasteiger partial charge in [-0.15, -0.1) is 0 Å². The normalized spacial score (nSPS) is 17.2. The van der Waals surface area contributed by atoms with Crippen LogP contribution in [-0.2, 0) is 19.6 Å². The second kappa shape index (κ2) is 6.67. The minimum absolute atomic E-state index is 0.0946. The number of rotatable bonds is 4. The lowest BCUT2D eigenvalue weighted by Gasteiger charge is -2.23. The Morgan fingerprint density at radius 1 is 1.17 bits per heavy atom. The Morgan fingerprint density at radius 3 is 2.75 bits per heavy atom. The fraction of sp³-hybridized carbons (Fsp3) is 0.316. The van der Waals surface area contributed by atoms with Crippen LogP contribution >= 0.6 is 15.9 Å². The number of fused-ring (bicyclic) bond motifs is 3. The van der Waals surface area contributed by atoms with Gasteiger partial charge in [0, 0.05) is 23.8 Å². The van der Waals surface area contributed by atoms with E-state index in [1.54, 1.807) is 0 Å². The van der Waals surface area contributed by atoms with Crippen LogP contribution in [0.4, 0.5) is 0 Å². The van der Waals surface area contributed by atoms with E-state index in [2.05, 4.69) is 49.4 Å². The molecule has 1 aliphatic rings. The van der Waals surface area contributed by atoms with Crippen molar-refractivity contribution in [2.24, 2.45) is 0 Å². The molecule has 2 aromatic heterocycles.